The van der Waals surface area contributed by atoms with Gasteiger partial charge in [0.15, 0.2) is 0 Å². The van der Waals surface area contributed by atoms with Crippen molar-refractivity contribution < 1.29 is 4.79 Å². The van der Waals surface area contributed by atoms with Crippen LogP contribution in [0.1, 0.15) is 40.9 Å². The van der Waals surface area contributed by atoms with Crippen molar-refractivity contribution in [2.75, 3.05) is 6.54 Å². The van der Waals surface area contributed by atoms with E-state index in [0.29, 0.717) is 0 Å². The molecule has 0 saturated heterocycles. The van der Waals surface area contributed by atoms with Gasteiger partial charge in [-0.3, -0.25) is 4.79 Å². The monoisotopic (exact) mass is 304 g/mol. The molecule has 4 rings (SSSR count). The molecule has 1 aromatic heterocycles. The summed E-state index contributed by atoms with van der Waals surface area (Å²) in [6.07, 6.45) is 3.13. The Bertz CT molecular complexity index is 894. The Labute approximate surface area is 136 Å². The van der Waals surface area contributed by atoms with Gasteiger partial charge >= 0.3 is 0 Å². The largest absolute Gasteiger partial charge is 0.350 e. The van der Waals surface area contributed by atoms with Crippen molar-refractivity contribution in [2.24, 2.45) is 7.05 Å². The van der Waals surface area contributed by atoms with Crippen LogP contribution in [-0.2, 0) is 7.05 Å². The van der Waals surface area contributed by atoms with E-state index in [1.807, 2.05) is 23.1 Å². The van der Waals surface area contributed by atoms with Gasteiger partial charge in [0.2, 0.25) is 0 Å². The second kappa shape index (κ2) is 5.27. The quantitative estimate of drug-likeness (QED) is 0.714. The number of nitrogens with zero attached hydrogens (tertiary/aromatic N) is 2. The lowest BCUT2D eigenvalue weighted by molar-refractivity contribution is 0.0750. The molecule has 1 amide bonds. The SMILES string of the molecule is CCCN1C(=O)c2ccccc2[C@@H]1c1cn(C)c2ccccc12. The van der Waals surface area contributed by atoms with Crippen LogP contribution in [0.2, 0.25) is 0 Å². The lowest BCUT2D eigenvalue weighted by Gasteiger charge is -2.25. The number of aromatic nitrogens is 1. The lowest BCUT2D eigenvalue weighted by atomic mass is 9.97. The minimum atomic E-state index is 0.0183. The number of aryl methyl sites for hydroxylation is 1. The van der Waals surface area contributed by atoms with Crippen LogP contribution in [0.5, 0.6) is 0 Å². The fourth-order valence-corrected chi connectivity index (χ4v) is 3.77. The molecule has 0 saturated carbocycles. The first-order valence-electron chi connectivity index (χ1n) is 8.16. The Hall–Kier alpha value is -2.55. The average molecular weight is 304 g/mol. The Kier molecular flexibility index (Phi) is 3.22. The first kappa shape index (κ1) is 14.1. The zero-order chi connectivity index (χ0) is 16.0. The molecule has 3 nitrogen and oxygen atoms in total. The van der Waals surface area contributed by atoms with E-state index in [2.05, 4.69) is 55.1 Å². The third-order valence-electron chi connectivity index (χ3n) is 4.75. The molecule has 1 aliphatic rings. The van der Waals surface area contributed by atoms with Gasteiger partial charge < -0.3 is 9.47 Å². The van der Waals surface area contributed by atoms with Crippen LogP contribution in [0, 0.1) is 0 Å². The maximum Gasteiger partial charge on any atom is 0.255 e. The van der Waals surface area contributed by atoms with Crippen molar-refractivity contribution in [1.29, 1.82) is 0 Å². The Morgan fingerprint density at radius 2 is 1.74 bits per heavy atom. The average Bonchev–Trinajstić information content (AvgIpc) is 3.05. The molecule has 1 aliphatic heterocycles. The Morgan fingerprint density at radius 3 is 2.57 bits per heavy atom. The van der Waals surface area contributed by atoms with E-state index in [0.717, 1.165) is 24.1 Å². The molecule has 0 unspecified atom stereocenters. The molecule has 2 heterocycles. The molecule has 0 bridgehead atoms. The molecule has 0 radical (unpaired) electrons. The van der Waals surface area contributed by atoms with E-state index in [9.17, 15) is 4.79 Å². The van der Waals surface area contributed by atoms with Crippen molar-refractivity contribution in [3.63, 3.8) is 0 Å². The predicted molar refractivity (Wildman–Crippen MR) is 92.5 cm³/mol. The van der Waals surface area contributed by atoms with Crippen LogP contribution in [0.15, 0.2) is 54.7 Å². The van der Waals surface area contributed by atoms with Crippen LogP contribution >= 0.6 is 0 Å². The zero-order valence-corrected chi connectivity index (χ0v) is 13.5. The van der Waals surface area contributed by atoms with E-state index in [1.54, 1.807) is 0 Å². The summed E-state index contributed by atoms with van der Waals surface area (Å²) in [5.41, 5.74) is 4.40. The van der Waals surface area contributed by atoms with E-state index >= 15 is 0 Å². The van der Waals surface area contributed by atoms with E-state index in [-0.39, 0.29) is 11.9 Å². The number of carbonyl (C=O) groups excluding carboxylic acids is 1. The summed E-state index contributed by atoms with van der Waals surface area (Å²) >= 11 is 0. The van der Waals surface area contributed by atoms with Gasteiger partial charge in [-0.25, -0.2) is 0 Å². The Morgan fingerprint density at radius 1 is 1.00 bits per heavy atom. The summed E-state index contributed by atoms with van der Waals surface area (Å²) in [4.78, 5) is 14.9. The minimum absolute atomic E-state index is 0.0183. The Balaban J connectivity index is 1.96. The van der Waals surface area contributed by atoms with E-state index in [1.165, 1.54) is 16.5 Å². The molecule has 1 atom stereocenters. The van der Waals surface area contributed by atoms with Gasteiger partial charge in [-0.2, -0.15) is 0 Å². The standard InChI is InChI=1S/C20H20N2O/c1-3-12-22-19(15-9-4-5-10-16(15)20(22)23)17-13-21(2)18-11-7-6-8-14(17)18/h4-11,13,19H,3,12H2,1-2H3/t19-/m1/s1. The van der Waals surface area contributed by atoms with Crippen LogP contribution in [0.4, 0.5) is 0 Å². The third-order valence-corrected chi connectivity index (χ3v) is 4.75. The summed E-state index contributed by atoms with van der Waals surface area (Å²) < 4.78 is 2.15. The number of rotatable bonds is 3. The van der Waals surface area contributed by atoms with Crippen molar-refractivity contribution in [3.8, 4) is 0 Å². The van der Waals surface area contributed by atoms with E-state index < -0.39 is 0 Å². The molecule has 0 spiro atoms. The smallest absolute Gasteiger partial charge is 0.255 e. The number of carbonyl (C=O) groups is 1. The molecule has 3 aromatic rings. The van der Waals surface area contributed by atoms with Gasteiger partial charge in [-0.15, -0.1) is 0 Å². The second-order valence-corrected chi connectivity index (χ2v) is 6.20. The second-order valence-electron chi connectivity index (χ2n) is 6.20. The summed E-state index contributed by atoms with van der Waals surface area (Å²) in [6.45, 7) is 2.90. The van der Waals surface area contributed by atoms with Gasteiger partial charge in [-0.05, 0) is 24.1 Å². The highest BCUT2D eigenvalue weighted by atomic mass is 16.2. The molecule has 116 valence electrons. The fraction of sp³-hybridized carbons (Fsp3) is 0.250. The number of hydrogen-bond acceptors (Lipinski definition) is 1. The topological polar surface area (TPSA) is 25.2 Å². The number of amides is 1. The minimum Gasteiger partial charge on any atom is -0.350 e. The van der Waals surface area contributed by atoms with Crippen molar-refractivity contribution in [2.45, 2.75) is 19.4 Å². The zero-order valence-electron chi connectivity index (χ0n) is 13.5. The molecule has 2 aromatic carbocycles. The van der Waals surface area contributed by atoms with Crippen LogP contribution in [0.25, 0.3) is 10.9 Å². The number of hydrogen-bond donors (Lipinski definition) is 0. The number of para-hydroxylation sites is 1. The highest BCUT2D eigenvalue weighted by Gasteiger charge is 2.38. The highest BCUT2D eigenvalue weighted by Crippen LogP contribution is 2.41. The summed E-state index contributed by atoms with van der Waals surface area (Å²) in [5.74, 6) is 0.153. The maximum atomic E-state index is 12.8. The van der Waals surface area contributed by atoms with Crippen molar-refractivity contribution >= 4 is 16.8 Å². The number of benzene rings is 2. The normalized spacial score (nSPS) is 17.0. The van der Waals surface area contributed by atoms with Crippen LogP contribution in [-0.4, -0.2) is 21.9 Å². The van der Waals surface area contributed by atoms with Gasteiger partial charge in [0.25, 0.3) is 5.91 Å². The predicted octanol–water partition coefficient (Wildman–Crippen LogP) is 4.13. The maximum absolute atomic E-state index is 12.8. The molecule has 3 heteroatoms. The molecule has 0 aliphatic carbocycles. The van der Waals surface area contributed by atoms with Crippen LogP contribution < -0.4 is 0 Å². The molecule has 0 fully saturated rings. The van der Waals surface area contributed by atoms with Gasteiger partial charge in [0, 0.05) is 41.8 Å². The summed E-state index contributed by atoms with van der Waals surface area (Å²) in [7, 11) is 2.07. The molecular formula is C20H20N2O. The third kappa shape index (κ3) is 2.00. The molecule has 23 heavy (non-hydrogen) atoms. The highest BCUT2D eigenvalue weighted by molar-refractivity contribution is 6.00. The van der Waals surface area contributed by atoms with Crippen LogP contribution in [0.3, 0.4) is 0 Å². The summed E-state index contributed by atoms with van der Waals surface area (Å²) in [5, 5.41) is 1.23. The van der Waals surface area contributed by atoms with Crippen molar-refractivity contribution in [1.82, 2.24) is 9.47 Å². The molecular weight excluding hydrogens is 284 g/mol. The summed E-state index contributed by atoms with van der Waals surface area (Å²) in [6, 6.07) is 16.4. The fourth-order valence-electron chi connectivity index (χ4n) is 3.77. The van der Waals surface area contributed by atoms with Gasteiger partial charge in [-0.1, -0.05) is 43.3 Å². The first-order valence-corrected chi connectivity index (χ1v) is 8.16. The van der Waals surface area contributed by atoms with Gasteiger partial charge in [0.1, 0.15) is 0 Å². The number of fused-ring (bicyclic) bond motifs is 2. The molecule has 0 N–H and O–H groups in total. The van der Waals surface area contributed by atoms with Gasteiger partial charge in [0.05, 0.1) is 6.04 Å². The van der Waals surface area contributed by atoms with Crippen molar-refractivity contribution in [3.05, 3.63) is 71.4 Å². The van der Waals surface area contributed by atoms with E-state index in [4.69, 9.17) is 0 Å². The first-order chi connectivity index (χ1) is 11.2. The lowest BCUT2D eigenvalue weighted by Crippen LogP contribution is -2.29.